The van der Waals surface area contributed by atoms with Crippen LogP contribution in [0.25, 0.3) is 0 Å². The van der Waals surface area contributed by atoms with E-state index < -0.39 is 11.4 Å². The van der Waals surface area contributed by atoms with Crippen molar-refractivity contribution >= 4 is 46.1 Å². The molecular weight excluding hydrogens is 284 g/mol. The van der Waals surface area contributed by atoms with Crippen LogP contribution in [0, 0.1) is 5.41 Å². The molecule has 0 aliphatic rings. The van der Waals surface area contributed by atoms with Crippen molar-refractivity contribution in [1.82, 2.24) is 0 Å². The number of methoxy groups -OCH3 is 1. The monoisotopic (exact) mass is 300 g/mol. The van der Waals surface area contributed by atoms with Crippen LogP contribution in [-0.4, -0.2) is 24.0 Å². The van der Waals surface area contributed by atoms with Gasteiger partial charge in [0.2, 0.25) is 5.91 Å². The predicted molar refractivity (Wildman–Crippen MR) is 79.5 cm³/mol. The van der Waals surface area contributed by atoms with Crippen LogP contribution in [0.3, 0.4) is 0 Å². The van der Waals surface area contributed by atoms with Gasteiger partial charge in [0, 0.05) is 0 Å². The third-order valence-corrected chi connectivity index (χ3v) is 4.38. The van der Waals surface area contributed by atoms with Crippen LogP contribution in [0.1, 0.15) is 29.9 Å². The fraction of sp³-hybridized carbons (Fsp3) is 0.417. The van der Waals surface area contributed by atoms with Crippen molar-refractivity contribution in [3.8, 4) is 0 Å². The molecule has 1 atom stereocenters. The van der Waals surface area contributed by atoms with Crippen LogP contribution in [0.2, 0.25) is 0 Å². The Bertz CT molecular complexity index is 513. The van der Waals surface area contributed by atoms with Gasteiger partial charge in [-0.1, -0.05) is 19.1 Å². The minimum absolute atomic E-state index is 0.127. The summed E-state index contributed by atoms with van der Waals surface area (Å²) in [5.74, 6) is -0.815. The molecule has 1 heterocycles. The highest BCUT2D eigenvalue weighted by molar-refractivity contribution is 7.80. The molecule has 19 heavy (non-hydrogen) atoms. The molecule has 7 heteroatoms. The Labute approximate surface area is 121 Å². The number of thiocarbonyl (C=S) groups is 1. The van der Waals surface area contributed by atoms with Crippen LogP contribution < -0.4 is 11.1 Å². The lowest BCUT2D eigenvalue weighted by Gasteiger charge is -2.25. The number of rotatable bonds is 5. The predicted octanol–water partition coefficient (Wildman–Crippen LogP) is 2.18. The van der Waals surface area contributed by atoms with Crippen molar-refractivity contribution in [3.05, 3.63) is 16.3 Å². The van der Waals surface area contributed by atoms with E-state index >= 15 is 0 Å². The first-order valence-electron chi connectivity index (χ1n) is 5.64. The lowest BCUT2D eigenvalue weighted by molar-refractivity contribution is -0.121. The van der Waals surface area contributed by atoms with Crippen molar-refractivity contribution in [2.75, 3.05) is 12.4 Å². The van der Waals surface area contributed by atoms with E-state index in [4.69, 9.17) is 18.0 Å². The Morgan fingerprint density at radius 1 is 1.58 bits per heavy atom. The van der Waals surface area contributed by atoms with Gasteiger partial charge < -0.3 is 15.8 Å². The highest BCUT2D eigenvalue weighted by Gasteiger charge is 2.35. The molecule has 0 aromatic carbocycles. The van der Waals surface area contributed by atoms with Crippen LogP contribution in [0.4, 0.5) is 5.69 Å². The Morgan fingerprint density at radius 3 is 2.68 bits per heavy atom. The lowest BCUT2D eigenvalue weighted by Crippen LogP contribution is -2.43. The first-order chi connectivity index (χ1) is 8.86. The molecule has 0 fully saturated rings. The number of nitrogens with one attached hydrogen (secondary N) is 1. The molecule has 1 amide bonds. The molecule has 1 aromatic rings. The number of anilines is 1. The summed E-state index contributed by atoms with van der Waals surface area (Å²) >= 11 is 6.13. The van der Waals surface area contributed by atoms with Crippen molar-refractivity contribution in [1.29, 1.82) is 0 Å². The number of hydrogen-bond donors (Lipinski definition) is 2. The zero-order valence-corrected chi connectivity index (χ0v) is 12.6. The molecule has 0 aliphatic carbocycles. The standard InChI is InChI=1S/C12H16N2O3S2/c1-4-12(2,10(13)18)11(16)14-7-5-6-19-8(7)9(15)17-3/h5-6H,4H2,1-3H3,(H2,13,18)(H,14,16). The van der Waals surface area contributed by atoms with Gasteiger partial charge in [0.25, 0.3) is 0 Å². The number of nitrogens with two attached hydrogens (primary N) is 1. The Morgan fingerprint density at radius 2 is 2.21 bits per heavy atom. The molecule has 104 valence electrons. The second-order valence-electron chi connectivity index (χ2n) is 4.16. The van der Waals surface area contributed by atoms with E-state index in [0.29, 0.717) is 17.0 Å². The number of thiophene rings is 1. The number of carbonyl (C=O) groups excluding carboxylic acids is 2. The Balaban J connectivity index is 2.98. The topological polar surface area (TPSA) is 81.4 Å². The molecule has 1 aromatic heterocycles. The molecule has 3 N–H and O–H groups in total. The molecule has 0 aliphatic heterocycles. The second-order valence-corrected chi connectivity index (χ2v) is 5.51. The Hall–Kier alpha value is -1.47. The summed E-state index contributed by atoms with van der Waals surface area (Å²) in [6.07, 6.45) is 0.478. The number of carbonyl (C=O) groups is 2. The fourth-order valence-electron chi connectivity index (χ4n) is 1.37. The minimum atomic E-state index is -0.940. The first kappa shape index (κ1) is 15.6. The summed E-state index contributed by atoms with van der Waals surface area (Å²) in [4.78, 5) is 24.2. The number of esters is 1. The summed E-state index contributed by atoms with van der Waals surface area (Å²) in [5, 5.41) is 4.38. The lowest BCUT2D eigenvalue weighted by atomic mass is 9.86. The van der Waals surface area contributed by atoms with E-state index in [2.05, 4.69) is 10.1 Å². The molecular formula is C12H16N2O3S2. The smallest absolute Gasteiger partial charge is 0.350 e. The average Bonchev–Trinajstić information content (AvgIpc) is 2.84. The first-order valence-corrected chi connectivity index (χ1v) is 6.92. The van der Waals surface area contributed by atoms with Gasteiger partial charge in [-0.15, -0.1) is 11.3 Å². The number of amides is 1. The van der Waals surface area contributed by atoms with Gasteiger partial charge in [0.15, 0.2) is 0 Å². The van der Waals surface area contributed by atoms with E-state index in [-0.39, 0.29) is 10.9 Å². The van der Waals surface area contributed by atoms with Gasteiger partial charge in [-0.25, -0.2) is 4.79 Å². The van der Waals surface area contributed by atoms with Crippen molar-refractivity contribution in [3.63, 3.8) is 0 Å². The van der Waals surface area contributed by atoms with Gasteiger partial charge >= 0.3 is 5.97 Å². The van der Waals surface area contributed by atoms with Gasteiger partial charge in [0.05, 0.1) is 23.2 Å². The average molecular weight is 300 g/mol. The van der Waals surface area contributed by atoms with Crippen LogP contribution in [-0.2, 0) is 9.53 Å². The fourth-order valence-corrected chi connectivity index (χ4v) is 2.37. The summed E-state index contributed by atoms with van der Waals surface area (Å²) in [6, 6.07) is 1.64. The van der Waals surface area contributed by atoms with Crippen molar-refractivity contribution < 1.29 is 14.3 Å². The minimum Gasteiger partial charge on any atom is -0.465 e. The second kappa shape index (κ2) is 6.12. The van der Waals surface area contributed by atoms with Crippen LogP contribution in [0.5, 0.6) is 0 Å². The zero-order valence-electron chi connectivity index (χ0n) is 11.0. The molecule has 0 spiro atoms. The third-order valence-electron chi connectivity index (χ3n) is 3.04. The van der Waals surface area contributed by atoms with Crippen molar-refractivity contribution in [2.45, 2.75) is 20.3 Å². The number of ether oxygens (including phenoxy) is 1. The Kier molecular flexibility index (Phi) is 5.02. The van der Waals surface area contributed by atoms with E-state index in [0.717, 1.165) is 0 Å². The van der Waals surface area contributed by atoms with E-state index in [9.17, 15) is 9.59 Å². The van der Waals surface area contributed by atoms with Gasteiger partial charge in [-0.3, -0.25) is 4.79 Å². The van der Waals surface area contributed by atoms with Gasteiger partial charge in [-0.05, 0) is 24.8 Å². The maximum atomic E-state index is 12.2. The molecule has 0 bridgehead atoms. The highest BCUT2D eigenvalue weighted by atomic mass is 32.1. The van der Waals surface area contributed by atoms with Gasteiger partial charge in [0.1, 0.15) is 4.88 Å². The van der Waals surface area contributed by atoms with E-state index in [1.165, 1.54) is 18.4 Å². The molecule has 0 saturated heterocycles. The van der Waals surface area contributed by atoms with Crippen molar-refractivity contribution in [2.24, 2.45) is 11.1 Å². The molecule has 1 rings (SSSR count). The summed E-state index contributed by atoms with van der Waals surface area (Å²) < 4.78 is 4.65. The molecule has 0 saturated carbocycles. The molecule has 5 nitrogen and oxygen atoms in total. The maximum Gasteiger partial charge on any atom is 0.350 e. The summed E-state index contributed by atoms with van der Waals surface area (Å²) in [5.41, 5.74) is 5.09. The molecule has 0 radical (unpaired) electrons. The SMILES string of the molecule is CCC(C)(C(=O)Nc1ccsc1C(=O)OC)C(N)=S. The third kappa shape index (κ3) is 3.10. The van der Waals surface area contributed by atoms with Crippen LogP contribution >= 0.6 is 23.6 Å². The normalized spacial score (nSPS) is 13.4. The summed E-state index contributed by atoms with van der Waals surface area (Å²) in [7, 11) is 1.29. The zero-order chi connectivity index (χ0) is 14.6. The largest absolute Gasteiger partial charge is 0.465 e. The maximum absolute atomic E-state index is 12.2. The quantitative estimate of drug-likeness (QED) is 0.643. The van der Waals surface area contributed by atoms with E-state index in [1.807, 2.05) is 6.92 Å². The summed E-state index contributed by atoms with van der Waals surface area (Å²) in [6.45, 7) is 3.50. The molecule has 1 unspecified atom stereocenters. The van der Waals surface area contributed by atoms with Gasteiger partial charge in [-0.2, -0.15) is 0 Å². The highest BCUT2D eigenvalue weighted by Crippen LogP contribution is 2.28. The van der Waals surface area contributed by atoms with Crippen LogP contribution in [0.15, 0.2) is 11.4 Å². The number of hydrogen-bond acceptors (Lipinski definition) is 5. The van der Waals surface area contributed by atoms with E-state index in [1.54, 1.807) is 18.4 Å².